The molecule has 0 unspecified atom stereocenters. The van der Waals surface area contributed by atoms with E-state index in [1.54, 1.807) is 11.9 Å². The lowest BCUT2D eigenvalue weighted by Crippen LogP contribution is -3.11. The Kier molecular flexibility index (Phi) is 5.32. The number of fused-ring (bicyclic) bond motifs is 3. The van der Waals surface area contributed by atoms with Gasteiger partial charge in [0.05, 0.1) is 25.0 Å². The van der Waals surface area contributed by atoms with Gasteiger partial charge in [0, 0.05) is 19.0 Å². The highest BCUT2D eigenvalue weighted by molar-refractivity contribution is 7.19. The van der Waals surface area contributed by atoms with Crippen LogP contribution >= 0.6 is 11.3 Å². The van der Waals surface area contributed by atoms with E-state index in [-0.39, 0.29) is 5.91 Å². The molecule has 0 radical (unpaired) electrons. The number of amides is 1. The molecular weight excluding hydrogens is 358 g/mol. The molecule has 4 rings (SSSR count). The monoisotopic (exact) mass is 388 g/mol. The lowest BCUT2D eigenvalue weighted by Gasteiger charge is -2.27. The fourth-order valence-corrected chi connectivity index (χ4v) is 5.59. The van der Waals surface area contributed by atoms with Gasteiger partial charge >= 0.3 is 0 Å². The van der Waals surface area contributed by atoms with Crippen molar-refractivity contribution in [2.45, 2.75) is 45.6 Å². The summed E-state index contributed by atoms with van der Waals surface area (Å²) in [7, 11) is 3.65. The molecule has 0 atom stereocenters. The summed E-state index contributed by atoms with van der Waals surface area (Å²) in [4.78, 5) is 28.0. The summed E-state index contributed by atoms with van der Waals surface area (Å²) in [5, 5.41) is 3.90. The van der Waals surface area contributed by atoms with Gasteiger partial charge in [0.25, 0.3) is 0 Å². The van der Waals surface area contributed by atoms with E-state index in [4.69, 9.17) is 9.97 Å². The zero-order valence-corrected chi connectivity index (χ0v) is 17.4. The van der Waals surface area contributed by atoms with Gasteiger partial charge in [-0.3, -0.25) is 4.79 Å². The number of thiophene rings is 1. The number of anilines is 1. The third-order valence-electron chi connectivity index (χ3n) is 6.00. The number of quaternary nitrogens is 1. The summed E-state index contributed by atoms with van der Waals surface area (Å²) >= 11 is 1.83. The largest absolute Gasteiger partial charge is 0.358 e. The van der Waals surface area contributed by atoms with Crippen molar-refractivity contribution >= 4 is 33.3 Å². The van der Waals surface area contributed by atoms with Gasteiger partial charge in [0.2, 0.25) is 5.91 Å². The minimum Gasteiger partial charge on any atom is -0.358 e. The number of likely N-dealkylation sites (N-methyl/N-ethyl adjacent to an activating group) is 2. The molecule has 2 aliphatic rings. The number of rotatable bonds is 5. The molecular formula is C20H30N5OS+. The van der Waals surface area contributed by atoms with Gasteiger partial charge < -0.3 is 15.1 Å². The van der Waals surface area contributed by atoms with Gasteiger partial charge in [-0.15, -0.1) is 11.3 Å². The first-order valence-electron chi connectivity index (χ1n) is 10.1. The highest BCUT2D eigenvalue weighted by Crippen LogP contribution is 2.40. The van der Waals surface area contributed by atoms with E-state index in [0.29, 0.717) is 6.54 Å². The molecule has 1 saturated heterocycles. The maximum absolute atomic E-state index is 11.9. The predicted molar refractivity (Wildman–Crippen MR) is 110 cm³/mol. The molecule has 146 valence electrons. The lowest BCUT2D eigenvalue weighted by molar-refractivity contribution is -0.920. The third kappa shape index (κ3) is 3.80. The Labute approximate surface area is 165 Å². The molecule has 7 heteroatoms. The van der Waals surface area contributed by atoms with Crippen molar-refractivity contribution < 1.29 is 9.69 Å². The molecule has 2 N–H and O–H groups in total. The number of likely N-dealkylation sites (tertiary alicyclic amines) is 1. The van der Waals surface area contributed by atoms with E-state index in [9.17, 15) is 4.79 Å². The Morgan fingerprint density at radius 1 is 1.30 bits per heavy atom. The van der Waals surface area contributed by atoms with Crippen LogP contribution in [0.3, 0.4) is 0 Å². The van der Waals surface area contributed by atoms with E-state index >= 15 is 0 Å². The summed E-state index contributed by atoms with van der Waals surface area (Å²) in [6, 6.07) is 0. The fraction of sp³-hybridized carbons (Fsp3) is 0.650. The van der Waals surface area contributed by atoms with E-state index in [1.165, 1.54) is 48.2 Å². The van der Waals surface area contributed by atoms with Crippen LogP contribution in [0.5, 0.6) is 0 Å². The van der Waals surface area contributed by atoms with Gasteiger partial charge in [-0.05, 0) is 43.6 Å². The quantitative estimate of drug-likeness (QED) is 0.807. The molecule has 2 aromatic rings. The van der Waals surface area contributed by atoms with Crippen LogP contribution in [0, 0.1) is 5.92 Å². The number of aromatic nitrogens is 2. The molecule has 0 bridgehead atoms. The topological polar surface area (TPSA) is 62.6 Å². The van der Waals surface area contributed by atoms with Crippen molar-refractivity contribution in [3.05, 3.63) is 16.3 Å². The standard InChI is InChI=1S/C20H29N5OS/c1-13-7-9-25(10-8-13)11-16-22-19(24(3)12-17(26)21-2)18-14-5-4-6-15(14)27-20(18)23-16/h13H,4-12H2,1-3H3,(H,21,26)/p+1. The molecule has 1 aliphatic heterocycles. The maximum atomic E-state index is 11.9. The molecule has 27 heavy (non-hydrogen) atoms. The highest BCUT2D eigenvalue weighted by atomic mass is 32.1. The molecule has 0 saturated carbocycles. The molecule has 1 amide bonds. The zero-order valence-electron chi connectivity index (χ0n) is 16.6. The van der Waals surface area contributed by atoms with Gasteiger partial charge in [-0.1, -0.05) is 6.92 Å². The second-order valence-electron chi connectivity index (χ2n) is 8.14. The number of hydrogen-bond acceptors (Lipinski definition) is 5. The second-order valence-corrected chi connectivity index (χ2v) is 9.22. The fourth-order valence-electron chi connectivity index (χ4n) is 4.31. The van der Waals surface area contributed by atoms with E-state index in [2.05, 4.69) is 12.2 Å². The Morgan fingerprint density at radius 2 is 2.07 bits per heavy atom. The minimum absolute atomic E-state index is 0.00771. The summed E-state index contributed by atoms with van der Waals surface area (Å²) in [5.74, 6) is 2.70. The van der Waals surface area contributed by atoms with Crippen LogP contribution < -0.4 is 15.1 Å². The molecule has 0 spiro atoms. The minimum atomic E-state index is 0.00771. The normalized spacial score (nSPS) is 22.0. The number of carbonyl (C=O) groups excluding carboxylic acids is 1. The molecule has 2 aromatic heterocycles. The first kappa shape index (κ1) is 18.6. The van der Waals surface area contributed by atoms with Crippen LogP contribution in [-0.4, -0.2) is 49.6 Å². The third-order valence-corrected chi connectivity index (χ3v) is 7.19. The number of aryl methyl sites for hydroxylation is 2. The number of nitrogens with zero attached hydrogens (tertiary/aromatic N) is 3. The van der Waals surface area contributed by atoms with Crippen molar-refractivity contribution in [3.63, 3.8) is 0 Å². The van der Waals surface area contributed by atoms with Crippen molar-refractivity contribution in [1.29, 1.82) is 0 Å². The van der Waals surface area contributed by atoms with Gasteiger partial charge in [0.15, 0.2) is 5.82 Å². The Morgan fingerprint density at radius 3 is 2.81 bits per heavy atom. The van der Waals surface area contributed by atoms with Crippen molar-refractivity contribution in [3.8, 4) is 0 Å². The van der Waals surface area contributed by atoms with Crippen LogP contribution in [0.2, 0.25) is 0 Å². The number of piperidine rings is 1. The number of nitrogens with one attached hydrogen (secondary N) is 2. The second kappa shape index (κ2) is 7.72. The lowest BCUT2D eigenvalue weighted by atomic mass is 9.99. The maximum Gasteiger partial charge on any atom is 0.239 e. The van der Waals surface area contributed by atoms with Crippen LogP contribution in [0.4, 0.5) is 5.82 Å². The Hall–Kier alpha value is -1.73. The highest BCUT2D eigenvalue weighted by Gasteiger charge is 2.26. The summed E-state index contributed by atoms with van der Waals surface area (Å²) in [5.41, 5.74) is 1.42. The predicted octanol–water partition coefficient (Wildman–Crippen LogP) is 1.18. The van der Waals surface area contributed by atoms with Gasteiger partial charge in [-0.25, -0.2) is 9.97 Å². The van der Waals surface area contributed by atoms with Crippen LogP contribution in [-0.2, 0) is 24.2 Å². The number of hydrogen-bond donors (Lipinski definition) is 2. The van der Waals surface area contributed by atoms with Crippen LogP contribution in [0.1, 0.15) is 42.5 Å². The van der Waals surface area contributed by atoms with Crippen molar-refractivity contribution in [2.75, 3.05) is 38.6 Å². The van der Waals surface area contributed by atoms with Crippen LogP contribution in [0.25, 0.3) is 10.2 Å². The molecule has 3 heterocycles. The van der Waals surface area contributed by atoms with Gasteiger partial charge in [-0.2, -0.15) is 0 Å². The van der Waals surface area contributed by atoms with Crippen molar-refractivity contribution in [1.82, 2.24) is 15.3 Å². The molecule has 1 fully saturated rings. The summed E-state index contributed by atoms with van der Waals surface area (Å²) in [6.45, 7) is 5.95. The average molecular weight is 389 g/mol. The van der Waals surface area contributed by atoms with Crippen LogP contribution in [0.15, 0.2) is 0 Å². The zero-order chi connectivity index (χ0) is 19.0. The van der Waals surface area contributed by atoms with E-state index < -0.39 is 0 Å². The smallest absolute Gasteiger partial charge is 0.239 e. The first-order chi connectivity index (χ1) is 13.0. The average Bonchev–Trinajstić information content (AvgIpc) is 3.23. The molecule has 6 nitrogen and oxygen atoms in total. The number of carbonyl (C=O) groups is 1. The Balaban J connectivity index is 1.68. The van der Waals surface area contributed by atoms with E-state index in [0.717, 1.165) is 41.8 Å². The molecule has 1 aliphatic carbocycles. The summed E-state index contributed by atoms with van der Waals surface area (Å²) in [6.07, 6.45) is 6.05. The van der Waals surface area contributed by atoms with Crippen molar-refractivity contribution in [2.24, 2.45) is 5.92 Å². The Bertz CT molecular complexity index is 840. The van der Waals surface area contributed by atoms with Gasteiger partial charge in [0.1, 0.15) is 17.2 Å². The van der Waals surface area contributed by atoms with E-state index in [1.807, 2.05) is 23.3 Å². The molecule has 0 aromatic carbocycles. The first-order valence-corrected chi connectivity index (χ1v) is 10.9. The SMILES string of the molecule is CNC(=O)CN(C)c1nc(C[NH+]2CCC(C)CC2)nc2sc3c(c12)CCC3. The summed E-state index contributed by atoms with van der Waals surface area (Å²) < 4.78 is 0.